The number of ether oxygens (including phenoxy) is 1. The molecule has 0 N–H and O–H groups in total. The minimum absolute atomic E-state index is 0.0436. The number of rotatable bonds is 2. The molecule has 2 nitrogen and oxygen atoms in total. The van der Waals surface area contributed by atoms with E-state index in [-0.39, 0.29) is 21.3 Å². The molecule has 0 aliphatic carbocycles. The molecule has 2 aromatic rings. The van der Waals surface area contributed by atoms with Gasteiger partial charge in [-0.05, 0) is 18.2 Å². The molecule has 0 saturated carbocycles. The van der Waals surface area contributed by atoms with Crippen LogP contribution in [-0.4, -0.2) is 12.1 Å². The third kappa shape index (κ3) is 2.69. The Morgan fingerprint density at radius 1 is 1.10 bits per heavy atom. The SMILES string of the molecule is COc1c(C(F)(F)F)ccnc1-c1c(Cl)cccc1Cl. The molecular weight excluding hydrogens is 314 g/mol. The number of pyridine rings is 1. The fraction of sp³-hybridized carbons (Fsp3) is 0.154. The van der Waals surface area contributed by atoms with E-state index < -0.39 is 17.5 Å². The van der Waals surface area contributed by atoms with Crippen molar-refractivity contribution >= 4 is 23.2 Å². The monoisotopic (exact) mass is 321 g/mol. The Hall–Kier alpha value is -1.46. The van der Waals surface area contributed by atoms with Crippen LogP contribution < -0.4 is 4.74 Å². The molecule has 20 heavy (non-hydrogen) atoms. The molecule has 0 atom stereocenters. The third-order valence-electron chi connectivity index (χ3n) is 2.61. The van der Waals surface area contributed by atoms with Crippen LogP contribution in [0.1, 0.15) is 5.56 Å². The van der Waals surface area contributed by atoms with Crippen molar-refractivity contribution < 1.29 is 17.9 Å². The Kier molecular flexibility index (Phi) is 4.11. The largest absolute Gasteiger partial charge is 0.494 e. The van der Waals surface area contributed by atoms with Crippen LogP contribution in [0.4, 0.5) is 13.2 Å². The number of hydrogen-bond acceptors (Lipinski definition) is 2. The molecule has 0 amide bonds. The smallest absolute Gasteiger partial charge is 0.420 e. The molecular formula is C13H8Cl2F3NO. The number of benzene rings is 1. The predicted molar refractivity (Wildman–Crippen MR) is 71.2 cm³/mol. The van der Waals surface area contributed by atoms with E-state index in [4.69, 9.17) is 27.9 Å². The summed E-state index contributed by atoms with van der Waals surface area (Å²) in [5.74, 6) is -0.407. The second-order valence-electron chi connectivity index (χ2n) is 3.83. The van der Waals surface area contributed by atoms with E-state index in [1.54, 1.807) is 6.07 Å². The molecule has 2 rings (SSSR count). The fourth-order valence-corrected chi connectivity index (χ4v) is 2.36. The summed E-state index contributed by atoms with van der Waals surface area (Å²) in [5.41, 5.74) is -0.766. The number of methoxy groups -OCH3 is 1. The lowest BCUT2D eigenvalue weighted by molar-refractivity contribution is -0.138. The minimum Gasteiger partial charge on any atom is -0.494 e. The lowest BCUT2D eigenvalue weighted by Crippen LogP contribution is -2.09. The summed E-state index contributed by atoms with van der Waals surface area (Å²) in [5, 5.41) is 0.394. The van der Waals surface area contributed by atoms with Crippen LogP contribution in [0.25, 0.3) is 11.3 Å². The molecule has 0 aliphatic heterocycles. The summed E-state index contributed by atoms with van der Waals surface area (Å²) in [6, 6.07) is 5.47. The second kappa shape index (κ2) is 5.50. The molecule has 0 bridgehead atoms. The Morgan fingerprint density at radius 3 is 2.20 bits per heavy atom. The summed E-state index contributed by atoms with van der Waals surface area (Å²) in [6.07, 6.45) is -3.52. The summed E-state index contributed by atoms with van der Waals surface area (Å²) in [4.78, 5) is 3.92. The molecule has 1 aromatic heterocycles. The quantitative estimate of drug-likeness (QED) is 0.769. The van der Waals surface area contributed by atoms with Gasteiger partial charge in [0.1, 0.15) is 11.3 Å². The Morgan fingerprint density at radius 2 is 1.70 bits per heavy atom. The lowest BCUT2D eigenvalue weighted by Gasteiger charge is -2.16. The van der Waals surface area contributed by atoms with Gasteiger partial charge in [0.15, 0.2) is 5.75 Å². The molecule has 0 fully saturated rings. The highest BCUT2D eigenvalue weighted by atomic mass is 35.5. The van der Waals surface area contributed by atoms with Gasteiger partial charge in [0.05, 0.1) is 17.2 Å². The van der Waals surface area contributed by atoms with Gasteiger partial charge in [-0.3, -0.25) is 4.98 Å². The van der Waals surface area contributed by atoms with Gasteiger partial charge in [0, 0.05) is 11.8 Å². The van der Waals surface area contributed by atoms with Gasteiger partial charge < -0.3 is 4.74 Å². The van der Waals surface area contributed by atoms with Crippen molar-refractivity contribution in [3.8, 4) is 17.0 Å². The van der Waals surface area contributed by atoms with Crippen molar-refractivity contribution in [1.82, 2.24) is 4.98 Å². The van der Waals surface area contributed by atoms with E-state index in [1.165, 1.54) is 12.1 Å². The van der Waals surface area contributed by atoms with Crippen LogP contribution in [0.5, 0.6) is 5.75 Å². The van der Waals surface area contributed by atoms with E-state index >= 15 is 0 Å². The molecule has 0 radical (unpaired) electrons. The Bertz CT molecular complexity index is 624. The average molecular weight is 322 g/mol. The highest BCUT2D eigenvalue weighted by molar-refractivity contribution is 6.39. The third-order valence-corrected chi connectivity index (χ3v) is 3.24. The first kappa shape index (κ1) is 14.9. The average Bonchev–Trinajstić information content (AvgIpc) is 2.37. The van der Waals surface area contributed by atoms with E-state index in [0.29, 0.717) is 0 Å². The van der Waals surface area contributed by atoms with Crippen LogP contribution in [0.15, 0.2) is 30.5 Å². The molecule has 1 aromatic carbocycles. The molecule has 106 valence electrons. The van der Waals surface area contributed by atoms with Crippen LogP contribution >= 0.6 is 23.2 Å². The maximum atomic E-state index is 13.0. The predicted octanol–water partition coefficient (Wildman–Crippen LogP) is 5.08. The van der Waals surface area contributed by atoms with Crippen molar-refractivity contribution in [2.45, 2.75) is 6.18 Å². The minimum atomic E-state index is -4.56. The van der Waals surface area contributed by atoms with Crippen LogP contribution in [0, 0.1) is 0 Å². The van der Waals surface area contributed by atoms with E-state index in [0.717, 1.165) is 19.4 Å². The molecule has 0 spiro atoms. The van der Waals surface area contributed by atoms with Crippen molar-refractivity contribution in [2.75, 3.05) is 7.11 Å². The summed E-state index contributed by atoms with van der Waals surface area (Å²) >= 11 is 12.0. The van der Waals surface area contributed by atoms with E-state index in [2.05, 4.69) is 4.98 Å². The maximum Gasteiger partial charge on any atom is 0.420 e. The topological polar surface area (TPSA) is 22.1 Å². The lowest BCUT2D eigenvalue weighted by atomic mass is 10.1. The van der Waals surface area contributed by atoms with Crippen LogP contribution in [0.2, 0.25) is 10.0 Å². The van der Waals surface area contributed by atoms with Crippen LogP contribution in [0.3, 0.4) is 0 Å². The molecule has 0 aliphatic rings. The number of alkyl halides is 3. The summed E-state index contributed by atoms with van der Waals surface area (Å²) in [6.45, 7) is 0. The van der Waals surface area contributed by atoms with Gasteiger partial charge in [0.25, 0.3) is 0 Å². The second-order valence-corrected chi connectivity index (χ2v) is 4.65. The van der Waals surface area contributed by atoms with Crippen LogP contribution in [-0.2, 0) is 6.18 Å². The normalized spacial score (nSPS) is 11.5. The highest BCUT2D eigenvalue weighted by Crippen LogP contribution is 2.44. The maximum absolute atomic E-state index is 13.0. The van der Waals surface area contributed by atoms with E-state index in [1.807, 2.05) is 0 Å². The van der Waals surface area contributed by atoms with Crippen molar-refractivity contribution in [1.29, 1.82) is 0 Å². The Labute approximate surface area is 123 Å². The van der Waals surface area contributed by atoms with Gasteiger partial charge in [-0.2, -0.15) is 13.2 Å². The number of hydrogen-bond donors (Lipinski definition) is 0. The summed E-state index contributed by atoms with van der Waals surface area (Å²) < 4.78 is 43.7. The number of halogens is 5. The van der Waals surface area contributed by atoms with Gasteiger partial charge in [0.2, 0.25) is 0 Å². The van der Waals surface area contributed by atoms with Gasteiger partial charge in [-0.15, -0.1) is 0 Å². The zero-order valence-electron chi connectivity index (χ0n) is 10.1. The van der Waals surface area contributed by atoms with Crippen molar-refractivity contribution in [2.24, 2.45) is 0 Å². The Balaban J connectivity index is 2.76. The zero-order chi connectivity index (χ0) is 14.9. The fourth-order valence-electron chi connectivity index (χ4n) is 1.78. The zero-order valence-corrected chi connectivity index (χ0v) is 11.6. The standard InChI is InChI=1S/C13H8Cl2F3NO/c1-20-12-7(13(16,17)18)5-6-19-11(12)10-8(14)3-2-4-9(10)15/h2-6H,1H3. The highest BCUT2D eigenvalue weighted by Gasteiger charge is 2.36. The van der Waals surface area contributed by atoms with Crippen molar-refractivity contribution in [3.05, 3.63) is 46.1 Å². The van der Waals surface area contributed by atoms with Crippen molar-refractivity contribution in [3.63, 3.8) is 0 Å². The van der Waals surface area contributed by atoms with Gasteiger partial charge >= 0.3 is 6.18 Å². The summed E-state index contributed by atoms with van der Waals surface area (Å²) in [7, 11) is 1.14. The van der Waals surface area contributed by atoms with Gasteiger partial charge in [-0.1, -0.05) is 29.3 Å². The van der Waals surface area contributed by atoms with E-state index in [9.17, 15) is 13.2 Å². The first-order valence-corrected chi connectivity index (χ1v) is 6.16. The molecule has 1 heterocycles. The molecule has 7 heteroatoms. The number of nitrogens with zero attached hydrogens (tertiary/aromatic N) is 1. The molecule has 0 saturated heterocycles. The molecule has 0 unspecified atom stereocenters. The first-order chi connectivity index (χ1) is 9.36. The van der Waals surface area contributed by atoms with Gasteiger partial charge in [-0.25, -0.2) is 0 Å². The first-order valence-electron chi connectivity index (χ1n) is 5.41. The number of aromatic nitrogens is 1.